The van der Waals surface area contributed by atoms with Crippen molar-refractivity contribution in [3.8, 4) is 6.07 Å². The van der Waals surface area contributed by atoms with Gasteiger partial charge in [-0.2, -0.15) is 5.26 Å². The number of nitrogens with zero attached hydrogens (tertiary/aromatic N) is 3. The molecular weight excluding hydrogens is 306 g/mol. The molecule has 0 atom stereocenters. The smallest absolute Gasteiger partial charge is 0.157 e. The lowest BCUT2D eigenvalue weighted by Gasteiger charge is -2.13. The summed E-state index contributed by atoms with van der Waals surface area (Å²) in [5, 5.41) is 10.3. The molecular formula is C19H20ClN3. The average Bonchev–Trinajstić information content (AvgIpc) is 2.86. The zero-order chi connectivity index (χ0) is 16.7. The van der Waals surface area contributed by atoms with E-state index >= 15 is 0 Å². The molecule has 0 saturated heterocycles. The van der Waals surface area contributed by atoms with Crippen LogP contribution in [0, 0.1) is 32.1 Å². The number of fused-ring (bicyclic) bond motifs is 3. The van der Waals surface area contributed by atoms with E-state index in [4.69, 9.17) is 11.6 Å². The van der Waals surface area contributed by atoms with Crippen molar-refractivity contribution in [1.82, 2.24) is 9.38 Å². The predicted octanol–water partition coefficient (Wildman–Crippen LogP) is 5.28. The Hall–Kier alpha value is -2.05. The standard InChI is InChI=1S/C19H20ClN3/c1-5-6-7-14-13(4)15(10-21)19-22-16-8-11(2)12(3)9-17(16)23(19)18(14)20/h8-9H,5-7H2,1-4H3. The maximum absolute atomic E-state index is 9.65. The Labute approximate surface area is 141 Å². The van der Waals surface area contributed by atoms with Crippen LogP contribution in [0.3, 0.4) is 0 Å². The summed E-state index contributed by atoms with van der Waals surface area (Å²) in [6.45, 7) is 8.29. The van der Waals surface area contributed by atoms with Crippen LogP contribution in [0.1, 0.15) is 47.6 Å². The zero-order valence-corrected chi connectivity index (χ0v) is 14.8. The fourth-order valence-corrected chi connectivity index (χ4v) is 3.49. The fourth-order valence-electron chi connectivity index (χ4n) is 3.09. The van der Waals surface area contributed by atoms with E-state index in [1.807, 2.05) is 11.3 Å². The molecule has 0 amide bonds. The van der Waals surface area contributed by atoms with Crippen molar-refractivity contribution in [3.05, 3.63) is 45.1 Å². The van der Waals surface area contributed by atoms with E-state index in [9.17, 15) is 5.26 Å². The normalized spacial score (nSPS) is 11.3. The number of benzene rings is 1. The molecule has 2 aromatic heterocycles. The number of nitriles is 1. The van der Waals surface area contributed by atoms with Gasteiger partial charge in [0.25, 0.3) is 0 Å². The molecule has 0 bridgehead atoms. The third kappa shape index (κ3) is 2.38. The minimum atomic E-state index is 0.631. The Bertz CT molecular complexity index is 961. The quantitative estimate of drug-likeness (QED) is 0.615. The molecule has 2 heterocycles. The minimum absolute atomic E-state index is 0.631. The van der Waals surface area contributed by atoms with Crippen molar-refractivity contribution in [3.63, 3.8) is 0 Å². The van der Waals surface area contributed by atoms with Gasteiger partial charge in [-0.1, -0.05) is 24.9 Å². The summed E-state index contributed by atoms with van der Waals surface area (Å²) >= 11 is 6.74. The number of hydrogen-bond acceptors (Lipinski definition) is 2. The van der Waals surface area contributed by atoms with Gasteiger partial charge in [-0.05, 0) is 68.0 Å². The summed E-state index contributed by atoms with van der Waals surface area (Å²) in [6.07, 6.45) is 3.04. The SMILES string of the molecule is CCCCc1c(C)c(C#N)c2nc3cc(C)c(C)cc3n2c1Cl. The van der Waals surface area contributed by atoms with E-state index in [0.717, 1.165) is 41.4 Å². The van der Waals surface area contributed by atoms with Crippen LogP contribution in [-0.2, 0) is 6.42 Å². The van der Waals surface area contributed by atoms with Gasteiger partial charge in [0, 0.05) is 0 Å². The molecule has 3 nitrogen and oxygen atoms in total. The molecule has 4 heteroatoms. The molecule has 0 aliphatic rings. The first-order valence-electron chi connectivity index (χ1n) is 8.00. The first kappa shape index (κ1) is 15.8. The lowest BCUT2D eigenvalue weighted by molar-refractivity contribution is 0.787. The number of hydrogen-bond donors (Lipinski definition) is 0. The van der Waals surface area contributed by atoms with Gasteiger partial charge >= 0.3 is 0 Å². The van der Waals surface area contributed by atoms with Gasteiger partial charge in [-0.15, -0.1) is 0 Å². The maximum Gasteiger partial charge on any atom is 0.157 e. The van der Waals surface area contributed by atoms with Crippen LogP contribution < -0.4 is 0 Å². The molecule has 118 valence electrons. The molecule has 0 fully saturated rings. The largest absolute Gasteiger partial charge is 0.281 e. The first-order chi connectivity index (χ1) is 11.0. The number of pyridine rings is 1. The highest BCUT2D eigenvalue weighted by molar-refractivity contribution is 6.31. The zero-order valence-electron chi connectivity index (χ0n) is 14.0. The highest BCUT2D eigenvalue weighted by Crippen LogP contribution is 2.32. The monoisotopic (exact) mass is 325 g/mol. The van der Waals surface area contributed by atoms with Crippen molar-refractivity contribution in [1.29, 1.82) is 5.26 Å². The third-order valence-corrected chi connectivity index (χ3v) is 5.06. The topological polar surface area (TPSA) is 41.1 Å². The highest BCUT2D eigenvalue weighted by Gasteiger charge is 2.19. The van der Waals surface area contributed by atoms with Crippen LogP contribution in [0.4, 0.5) is 0 Å². The van der Waals surface area contributed by atoms with E-state index in [1.165, 1.54) is 11.1 Å². The molecule has 0 N–H and O–H groups in total. The van der Waals surface area contributed by atoms with Crippen molar-refractivity contribution in [2.45, 2.75) is 47.0 Å². The molecule has 0 radical (unpaired) electrons. The number of rotatable bonds is 3. The highest BCUT2D eigenvalue weighted by atomic mass is 35.5. The van der Waals surface area contributed by atoms with Gasteiger partial charge < -0.3 is 0 Å². The number of unbranched alkanes of at least 4 members (excludes halogenated alkanes) is 1. The van der Waals surface area contributed by atoms with E-state index in [0.29, 0.717) is 16.4 Å². The third-order valence-electron chi connectivity index (χ3n) is 4.66. The number of halogens is 1. The van der Waals surface area contributed by atoms with E-state index in [2.05, 4.69) is 44.0 Å². The summed E-state index contributed by atoms with van der Waals surface area (Å²) in [4.78, 5) is 4.69. The van der Waals surface area contributed by atoms with Gasteiger partial charge in [0.2, 0.25) is 0 Å². The second kappa shape index (κ2) is 5.86. The Morgan fingerprint density at radius 3 is 2.57 bits per heavy atom. The van der Waals surface area contributed by atoms with Crippen LogP contribution in [0.25, 0.3) is 16.7 Å². The molecule has 0 aliphatic heterocycles. The maximum atomic E-state index is 9.65. The van der Waals surface area contributed by atoms with Crippen LogP contribution in [0.15, 0.2) is 12.1 Å². The summed E-state index contributed by atoms with van der Waals surface area (Å²) in [6, 6.07) is 6.50. The lowest BCUT2D eigenvalue weighted by Crippen LogP contribution is -2.02. The van der Waals surface area contributed by atoms with Gasteiger partial charge in [0.15, 0.2) is 5.65 Å². The fraction of sp³-hybridized carbons (Fsp3) is 0.368. The van der Waals surface area contributed by atoms with Crippen LogP contribution in [0.5, 0.6) is 0 Å². The molecule has 0 spiro atoms. The molecule has 3 rings (SSSR count). The summed E-state index contributed by atoms with van der Waals surface area (Å²) in [7, 11) is 0. The Morgan fingerprint density at radius 2 is 1.91 bits per heavy atom. The lowest BCUT2D eigenvalue weighted by atomic mass is 10.0. The first-order valence-corrected chi connectivity index (χ1v) is 8.37. The van der Waals surface area contributed by atoms with Gasteiger partial charge in [0.05, 0.1) is 16.6 Å². The summed E-state index contributed by atoms with van der Waals surface area (Å²) in [5.41, 5.74) is 7.57. The minimum Gasteiger partial charge on any atom is -0.281 e. The summed E-state index contributed by atoms with van der Waals surface area (Å²) in [5.74, 6) is 0. The number of aromatic nitrogens is 2. The second-order valence-corrected chi connectivity index (χ2v) is 6.54. The number of imidazole rings is 1. The van der Waals surface area contributed by atoms with Crippen molar-refractivity contribution in [2.24, 2.45) is 0 Å². The van der Waals surface area contributed by atoms with E-state index in [-0.39, 0.29) is 0 Å². The van der Waals surface area contributed by atoms with Crippen molar-refractivity contribution < 1.29 is 0 Å². The van der Waals surface area contributed by atoms with Crippen molar-refractivity contribution >= 4 is 28.3 Å². The molecule has 0 unspecified atom stereocenters. The van der Waals surface area contributed by atoms with Gasteiger partial charge in [-0.25, -0.2) is 4.98 Å². The van der Waals surface area contributed by atoms with Crippen molar-refractivity contribution in [2.75, 3.05) is 0 Å². The Balaban J connectivity index is 2.47. The van der Waals surface area contributed by atoms with Gasteiger partial charge in [-0.3, -0.25) is 4.40 Å². The van der Waals surface area contributed by atoms with E-state index < -0.39 is 0 Å². The van der Waals surface area contributed by atoms with Crippen LogP contribution >= 0.6 is 11.6 Å². The number of aryl methyl sites for hydroxylation is 2. The van der Waals surface area contributed by atoms with Crippen LogP contribution in [0.2, 0.25) is 5.15 Å². The molecule has 23 heavy (non-hydrogen) atoms. The Morgan fingerprint density at radius 1 is 1.22 bits per heavy atom. The summed E-state index contributed by atoms with van der Waals surface area (Å²) < 4.78 is 1.94. The molecule has 0 saturated carbocycles. The average molecular weight is 326 g/mol. The van der Waals surface area contributed by atoms with Gasteiger partial charge in [0.1, 0.15) is 11.2 Å². The van der Waals surface area contributed by atoms with E-state index in [1.54, 1.807) is 0 Å². The Kier molecular flexibility index (Phi) is 4.04. The van der Waals surface area contributed by atoms with Crippen LogP contribution in [-0.4, -0.2) is 9.38 Å². The second-order valence-electron chi connectivity index (χ2n) is 6.18. The molecule has 0 aliphatic carbocycles. The molecule has 3 aromatic rings. The molecule has 1 aromatic carbocycles. The predicted molar refractivity (Wildman–Crippen MR) is 95.2 cm³/mol.